The summed E-state index contributed by atoms with van der Waals surface area (Å²) >= 11 is 1.80. The molecule has 5 heteroatoms. The number of ether oxygens (including phenoxy) is 1. The average Bonchev–Trinajstić information content (AvgIpc) is 2.99. The fourth-order valence-electron chi connectivity index (χ4n) is 2.20. The Kier molecular flexibility index (Phi) is 5.35. The van der Waals surface area contributed by atoms with Crippen molar-refractivity contribution in [2.24, 2.45) is 0 Å². The summed E-state index contributed by atoms with van der Waals surface area (Å²) < 4.78 is 4.98. The first-order valence-electron chi connectivity index (χ1n) is 6.42. The molecular formula is C12H21N3OS. The van der Waals surface area contributed by atoms with E-state index in [4.69, 9.17) is 4.74 Å². The van der Waals surface area contributed by atoms with Gasteiger partial charge in [-0.25, -0.2) is 0 Å². The lowest BCUT2D eigenvalue weighted by molar-refractivity contribution is 0.199. The molecular weight excluding hydrogens is 234 g/mol. The Morgan fingerprint density at radius 3 is 2.88 bits per heavy atom. The smallest absolute Gasteiger partial charge is 0.120 e. The molecule has 1 aliphatic carbocycles. The first-order valence-corrected chi connectivity index (χ1v) is 7.23. The van der Waals surface area contributed by atoms with Crippen LogP contribution in [0.25, 0.3) is 0 Å². The van der Waals surface area contributed by atoms with Gasteiger partial charge in [-0.1, -0.05) is 12.8 Å². The summed E-state index contributed by atoms with van der Waals surface area (Å²) in [5.41, 5.74) is 0. The summed E-state index contributed by atoms with van der Waals surface area (Å²) in [6.45, 7) is 2.64. The second-order valence-corrected chi connectivity index (χ2v) is 5.60. The Morgan fingerprint density at radius 2 is 2.12 bits per heavy atom. The van der Waals surface area contributed by atoms with E-state index in [0.29, 0.717) is 5.92 Å². The van der Waals surface area contributed by atoms with E-state index in [0.717, 1.165) is 31.1 Å². The van der Waals surface area contributed by atoms with Gasteiger partial charge in [0.25, 0.3) is 0 Å². The SMILES string of the molecule is COCCNCCc1nnc(C2CCCC2)s1. The van der Waals surface area contributed by atoms with Crippen LogP contribution >= 0.6 is 11.3 Å². The van der Waals surface area contributed by atoms with E-state index < -0.39 is 0 Å². The lowest BCUT2D eigenvalue weighted by Gasteiger charge is -2.02. The molecule has 0 aromatic carbocycles. The molecule has 1 aliphatic rings. The van der Waals surface area contributed by atoms with Crippen LogP contribution in [-0.4, -0.2) is 37.0 Å². The molecule has 0 radical (unpaired) electrons. The number of rotatable bonds is 7. The number of hydrogen-bond acceptors (Lipinski definition) is 5. The van der Waals surface area contributed by atoms with Crippen LogP contribution in [0.15, 0.2) is 0 Å². The molecule has 0 unspecified atom stereocenters. The summed E-state index contributed by atoms with van der Waals surface area (Å²) in [5.74, 6) is 0.697. The number of hydrogen-bond donors (Lipinski definition) is 1. The Morgan fingerprint density at radius 1 is 1.29 bits per heavy atom. The summed E-state index contributed by atoms with van der Waals surface area (Å²) in [6, 6.07) is 0. The van der Waals surface area contributed by atoms with Crippen molar-refractivity contribution in [2.75, 3.05) is 26.8 Å². The van der Waals surface area contributed by atoms with Gasteiger partial charge in [0.05, 0.1) is 6.61 Å². The standard InChI is InChI=1S/C12H21N3OS/c1-16-9-8-13-7-6-11-14-15-12(17-11)10-4-2-3-5-10/h10,13H,2-9H2,1H3. The Labute approximate surface area is 107 Å². The van der Waals surface area contributed by atoms with Crippen LogP contribution in [0.3, 0.4) is 0 Å². The van der Waals surface area contributed by atoms with Gasteiger partial charge in [0.1, 0.15) is 10.0 Å². The molecule has 1 aromatic rings. The largest absolute Gasteiger partial charge is 0.383 e. The molecule has 0 aliphatic heterocycles. The van der Waals surface area contributed by atoms with Gasteiger partial charge >= 0.3 is 0 Å². The minimum Gasteiger partial charge on any atom is -0.383 e. The lowest BCUT2D eigenvalue weighted by atomic mass is 10.1. The first kappa shape index (κ1) is 12.9. The quantitative estimate of drug-likeness (QED) is 0.757. The van der Waals surface area contributed by atoms with Crippen LogP contribution in [0.5, 0.6) is 0 Å². The zero-order valence-electron chi connectivity index (χ0n) is 10.4. The molecule has 4 nitrogen and oxygen atoms in total. The van der Waals surface area contributed by atoms with Gasteiger partial charge in [-0.3, -0.25) is 0 Å². The molecule has 0 spiro atoms. The van der Waals surface area contributed by atoms with E-state index in [-0.39, 0.29) is 0 Å². The van der Waals surface area contributed by atoms with Crippen molar-refractivity contribution in [3.63, 3.8) is 0 Å². The van der Waals surface area contributed by atoms with Crippen LogP contribution in [0.1, 0.15) is 41.6 Å². The minimum absolute atomic E-state index is 0.697. The van der Waals surface area contributed by atoms with Gasteiger partial charge in [0, 0.05) is 32.5 Å². The van der Waals surface area contributed by atoms with Crippen LogP contribution in [0, 0.1) is 0 Å². The molecule has 1 saturated carbocycles. The Balaban J connectivity index is 1.70. The average molecular weight is 255 g/mol. The second kappa shape index (κ2) is 7.03. The van der Waals surface area contributed by atoms with E-state index >= 15 is 0 Å². The maximum Gasteiger partial charge on any atom is 0.120 e. The molecule has 96 valence electrons. The molecule has 0 bridgehead atoms. The number of nitrogens with one attached hydrogen (secondary N) is 1. The maximum atomic E-state index is 4.98. The summed E-state index contributed by atoms with van der Waals surface area (Å²) in [5, 5.41) is 14.4. The second-order valence-electron chi connectivity index (χ2n) is 4.51. The van der Waals surface area contributed by atoms with Crippen molar-refractivity contribution in [1.29, 1.82) is 0 Å². The number of nitrogens with zero attached hydrogens (tertiary/aromatic N) is 2. The highest BCUT2D eigenvalue weighted by molar-refractivity contribution is 7.11. The zero-order valence-corrected chi connectivity index (χ0v) is 11.3. The third kappa shape index (κ3) is 4.01. The lowest BCUT2D eigenvalue weighted by Crippen LogP contribution is -2.21. The fraction of sp³-hybridized carbons (Fsp3) is 0.833. The molecule has 0 amide bonds. The predicted molar refractivity (Wildman–Crippen MR) is 69.6 cm³/mol. The van der Waals surface area contributed by atoms with Gasteiger partial charge in [0.15, 0.2) is 0 Å². The van der Waals surface area contributed by atoms with Crippen LogP contribution in [-0.2, 0) is 11.2 Å². The van der Waals surface area contributed by atoms with Crippen molar-refractivity contribution in [3.8, 4) is 0 Å². The summed E-state index contributed by atoms with van der Waals surface area (Å²) in [7, 11) is 1.72. The normalized spacial score (nSPS) is 16.8. The van der Waals surface area contributed by atoms with Crippen LogP contribution in [0.2, 0.25) is 0 Å². The van der Waals surface area contributed by atoms with E-state index in [1.807, 2.05) is 0 Å². The van der Waals surface area contributed by atoms with Crippen molar-refractivity contribution in [1.82, 2.24) is 15.5 Å². The van der Waals surface area contributed by atoms with Crippen LogP contribution in [0.4, 0.5) is 0 Å². The topological polar surface area (TPSA) is 47.0 Å². The van der Waals surface area contributed by atoms with E-state index in [1.165, 1.54) is 30.7 Å². The van der Waals surface area contributed by atoms with Crippen molar-refractivity contribution in [2.45, 2.75) is 38.0 Å². The molecule has 1 heterocycles. The highest BCUT2D eigenvalue weighted by Crippen LogP contribution is 2.35. The molecule has 0 atom stereocenters. The molecule has 2 rings (SSSR count). The first-order chi connectivity index (χ1) is 8.40. The van der Waals surface area contributed by atoms with Gasteiger partial charge in [-0.05, 0) is 12.8 Å². The monoisotopic (exact) mass is 255 g/mol. The predicted octanol–water partition coefficient (Wildman–Crippen LogP) is 1.97. The Hall–Kier alpha value is -0.520. The minimum atomic E-state index is 0.697. The fourth-order valence-corrected chi connectivity index (χ4v) is 3.21. The van der Waals surface area contributed by atoms with Crippen LogP contribution < -0.4 is 5.32 Å². The summed E-state index contributed by atoms with van der Waals surface area (Å²) in [6.07, 6.45) is 6.31. The van der Waals surface area contributed by atoms with Crippen molar-refractivity contribution < 1.29 is 4.74 Å². The van der Waals surface area contributed by atoms with Gasteiger partial charge < -0.3 is 10.1 Å². The van der Waals surface area contributed by atoms with Gasteiger partial charge in [-0.15, -0.1) is 21.5 Å². The number of aromatic nitrogens is 2. The van der Waals surface area contributed by atoms with Gasteiger partial charge in [0.2, 0.25) is 0 Å². The van der Waals surface area contributed by atoms with Gasteiger partial charge in [-0.2, -0.15) is 0 Å². The van der Waals surface area contributed by atoms with E-state index in [9.17, 15) is 0 Å². The molecule has 1 fully saturated rings. The molecule has 0 saturated heterocycles. The Bertz CT molecular complexity index is 323. The molecule has 17 heavy (non-hydrogen) atoms. The highest BCUT2D eigenvalue weighted by atomic mass is 32.1. The zero-order chi connectivity index (χ0) is 11.9. The molecule has 1 N–H and O–H groups in total. The molecule has 1 aromatic heterocycles. The third-order valence-electron chi connectivity index (χ3n) is 3.19. The summed E-state index contributed by atoms with van der Waals surface area (Å²) in [4.78, 5) is 0. The van der Waals surface area contributed by atoms with Crippen molar-refractivity contribution >= 4 is 11.3 Å². The third-order valence-corrected chi connectivity index (χ3v) is 4.33. The van der Waals surface area contributed by atoms with Crippen molar-refractivity contribution in [3.05, 3.63) is 10.0 Å². The highest BCUT2D eigenvalue weighted by Gasteiger charge is 2.20. The van der Waals surface area contributed by atoms with E-state index in [1.54, 1.807) is 18.4 Å². The maximum absolute atomic E-state index is 4.98. The number of methoxy groups -OCH3 is 1. The van der Waals surface area contributed by atoms with E-state index in [2.05, 4.69) is 15.5 Å².